The van der Waals surface area contributed by atoms with Gasteiger partial charge < -0.3 is 15.5 Å². The number of nitrogen functional groups attached to an aromatic ring is 1. The summed E-state index contributed by atoms with van der Waals surface area (Å²) in [6.45, 7) is 3.96. The number of carbonyl (C=O) groups is 1. The average molecular weight is 246 g/mol. The molecule has 2 aromatic rings. The molecule has 0 unspecified atom stereocenters. The molecular formula is C12H14N4O2. The Labute approximate surface area is 104 Å². The number of esters is 1. The predicted molar refractivity (Wildman–Crippen MR) is 66.9 cm³/mol. The summed E-state index contributed by atoms with van der Waals surface area (Å²) in [6, 6.07) is 3.73. The lowest BCUT2D eigenvalue weighted by Crippen LogP contribution is -2.07. The van der Waals surface area contributed by atoms with Crippen molar-refractivity contribution in [2.45, 2.75) is 13.8 Å². The molecule has 0 saturated carbocycles. The van der Waals surface area contributed by atoms with Crippen LogP contribution in [0.3, 0.4) is 0 Å². The van der Waals surface area contributed by atoms with Crippen LogP contribution in [-0.2, 0) is 4.74 Å². The smallest absolute Gasteiger partial charge is 0.358 e. The van der Waals surface area contributed by atoms with E-state index in [4.69, 9.17) is 10.5 Å². The van der Waals surface area contributed by atoms with Gasteiger partial charge in [0.2, 0.25) is 0 Å². The first kappa shape index (κ1) is 12.1. The molecule has 0 aromatic carbocycles. The predicted octanol–water partition coefficient (Wildman–Crippen LogP) is 1.54. The summed E-state index contributed by atoms with van der Waals surface area (Å²) in [5.41, 5.74) is 7.52. The summed E-state index contributed by atoms with van der Waals surface area (Å²) in [5, 5.41) is 0. The third-order valence-corrected chi connectivity index (χ3v) is 2.37. The van der Waals surface area contributed by atoms with Crippen molar-refractivity contribution in [3.8, 4) is 11.5 Å². The maximum atomic E-state index is 11.6. The second-order valence-electron chi connectivity index (χ2n) is 3.78. The second kappa shape index (κ2) is 4.87. The first-order chi connectivity index (χ1) is 8.61. The lowest BCUT2D eigenvalue weighted by Gasteiger charge is -1.99. The van der Waals surface area contributed by atoms with Crippen LogP contribution in [0.5, 0.6) is 0 Å². The summed E-state index contributed by atoms with van der Waals surface area (Å²) in [5.74, 6) is 0.0624. The van der Waals surface area contributed by atoms with Crippen LogP contribution >= 0.6 is 0 Å². The van der Waals surface area contributed by atoms with Crippen molar-refractivity contribution < 1.29 is 9.53 Å². The van der Waals surface area contributed by atoms with E-state index in [2.05, 4.69) is 15.0 Å². The Morgan fingerprint density at radius 3 is 3.00 bits per heavy atom. The Kier molecular flexibility index (Phi) is 3.27. The van der Waals surface area contributed by atoms with Crippen molar-refractivity contribution in [2.75, 3.05) is 12.3 Å². The zero-order chi connectivity index (χ0) is 13.1. The molecule has 0 fully saturated rings. The number of hydrogen-bond donors (Lipinski definition) is 2. The van der Waals surface area contributed by atoms with Gasteiger partial charge in [0.25, 0.3) is 0 Å². The number of ether oxygens (including phenoxy) is 1. The van der Waals surface area contributed by atoms with E-state index in [-0.39, 0.29) is 18.1 Å². The van der Waals surface area contributed by atoms with E-state index in [1.807, 2.05) is 19.1 Å². The number of H-pyrrole nitrogens is 1. The Morgan fingerprint density at radius 1 is 1.56 bits per heavy atom. The highest BCUT2D eigenvalue weighted by Gasteiger charge is 2.17. The van der Waals surface area contributed by atoms with Gasteiger partial charge in [0.05, 0.1) is 6.61 Å². The number of aromatic amines is 1. The molecule has 0 spiro atoms. The zero-order valence-corrected chi connectivity index (χ0v) is 10.2. The molecule has 94 valence electrons. The molecule has 0 aliphatic carbocycles. The molecule has 0 radical (unpaired) electrons. The molecule has 2 aromatic heterocycles. The molecule has 0 saturated heterocycles. The minimum Gasteiger partial charge on any atom is -0.461 e. The van der Waals surface area contributed by atoms with E-state index in [0.29, 0.717) is 11.5 Å². The van der Waals surface area contributed by atoms with Gasteiger partial charge in [0.15, 0.2) is 17.3 Å². The molecule has 18 heavy (non-hydrogen) atoms. The van der Waals surface area contributed by atoms with Crippen LogP contribution in [0, 0.1) is 6.92 Å². The molecule has 6 heteroatoms. The van der Waals surface area contributed by atoms with Gasteiger partial charge in [-0.1, -0.05) is 0 Å². The second-order valence-corrected chi connectivity index (χ2v) is 3.78. The van der Waals surface area contributed by atoms with E-state index in [0.717, 1.165) is 5.56 Å². The number of nitrogens with two attached hydrogens (primary N) is 1. The number of aryl methyl sites for hydroxylation is 1. The highest BCUT2D eigenvalue weighted by Crippen LogP contribution is 2.18. The maximum Gasteiger partial charge on any atom is 0.358 e. The van der Waals surface area contributed by atoms with Crippen LogP contribution < -0.4 is 5.73 Å². The molecule has 3 N–H and O–H groups in total. The third-order valence-electron chi connectivity index (χ3n) is 2.37. The number of imidazole rings is 1. The quantitative estimate of drug-likeness (QED) is 0.801. The maximum absolute atomic E-state index is 11.6. The monoisotopic (exact) mass is 246 g/mol. The standard InChI is InChI=1S/C12H14N4O2/c1-3-18-12(17)9-10(13)16-11(15-9)8-6-7(2)4-5-14-8/h4-6H,3,13H2,1-2H3,(H,15,16). The molecule has 6 nitrogen and oxygen atoms in total. The lowest BCUT2D eigenvalue weighted by atomic mass is 10.2. The SMILES string of the molecule is CCOC(=O)c1[nH]c(-c2cc(C)ccn2)nc1N. The molecule has 0 atom stereocenters. The fourth-order valence-electron chi connectivity index (χ4n) is 1.53. The van der Waals surface area contributed by atoms with Crippen molar-refractivity contribution in [1.29, 1.82) is 0 Å². The van der Waals surface area contributed by atoms with Gasteiger partial charge in [-0.3, -0.25) is 4.98 Å². The average Bonchev–Trinajstić information content (AvgIpc) is 2.72. The number of rotatable bonds is 3. The number of anilines is 1. The molecule has 0 aliphatic rings. The van der Waals surface area contributed by atoms with Crippen molar-refractivity contribution in [1.82, 2.24) is 15.0 Å². The Balaban J connectivity index is 2.37. The summed E-state index contributed by atoms with van der Waals surface area (Å²) < 4.78 is 4.87. The van der Waals surface area contributed by atoms with E-state index >= 15 is 0 Å². The van der Waals surface area contributed by atoms with Gasteiger partial charge in [-0.05, 0) is 31.5 Å². The number of hydrogen-bond acceptors (Lipinski definition) is 5. The van der Waals surface area contributed by atoms with Crippen molar-refractivity contribution in [2.24, 2.45) is 0 Å². The summed E-state index contributed by atoms with van der Waals surface area (Å²) >= 11 is 0. The highest BCUT2D eigenvalue weighted by atomic mass is 16.5. The van der Waals surface area contributed by atoms with Gasteiger partial charge in [0.1, 0.15) is 5.69 Å². The van der Waals surface area contributed by atoms with Crippen molar-refractivity contribution in [3.63, 3.8) is 0 Å². The Hall–Kier alpha value is -2.37. The van der Waals surface area contributed by atoms with Crippen LogP contribution in [0.2, 0.25) is 0 Å². The number of carbonyl (C=O) groups excluding carboxylic acids is 1. The van der Waals surface area contributed by atoms with Crippen LogP contribution in [0.1, 0.15) is 23.0 Å². The van der Waals surface area contributed by atoms with E-state index in [9.17, 15) is 4.79 Å². The molecule has 0 bridgehead atoms. The molecule has 2 rings (SSSR count). The van der Waals surface area contributed by atoms with Crippen molar-refractivity contribution in [3.05, 3.63) is 29.6 Å². The van der Waals surface area contributed by atoms with Crippen molar-refractivity contribution >= 4 is 11.8 Å². The van der Waals surface area contributed by atoms with Gasteiger partial charge in [0, 0.05) is 6.20 Å². The topological polar surface area (TPSA) is 93.9 Å². The zero-order valence-electron chi connectivity index (χ0n) is 10.2. The molecule has 0 aliphatic heterocycles. The summed E-state index contributed by atoms with van der Waals surface area (Å²) in [4.78, 5) is 22.7. The number of nitrogens with one attached hydrogen (secondary N) is 1. The van der Waals surface area contributed by atoms with Gasteiger partial charge in [-0.15, -0.1) is 0 Å². The highest BCUT2D eigenvalue weighted by molar-refractivity contribution is 5.93. The third kappa shape index (κ3) is 2.32. The fraction of sp³-hybridized carbons (Fsp3) is 0.250. The minimum atomic E-state index is -0.513. The summed E-state index contributed by atoms with van der Waals surface area (Å²) in [6.07, 6.45) is 1.67. The van der Waals surface area contributed by atoms with E-state index in [1.165, 1.54) is 0 Å². The Bertz CT molecular complexity index is 577. The molecule has 2 heterocycles. The largest absolute Gasteiger partial charge is 0.461 e. The van der Waals surface area contributed by atoms with E-state index < -0.39 is 5.97 Å². The van der Waals surface area contributed by atoms with Gasteiger partial charge in [-0.25, -0.2) is 9.78 Å². The van der Waals surface area contributed by atoms with Crippen LogP contribution in [0.15, 0.2) is 18.3 Å². The number of pyridine rings is 1. The first-order valence-corrected chi connectivity index (χ1v) is 5.57. The molecule has 0 amide bonds. The van der Waals surface area contributed by atoms with Gasteiger partial charge in [-0.2, -0.15) is 0 Å². The summed E-state index contributed by atoms with van der Waals surface area (Å²) in [7, 11) is 0. The molecular weight excluding hydrogens is 232 g/mol. The fourth-order valence-corrected chi connectivity index (χ4v) is 1.53. The van der Waals surface area contributed by atoms with Crippen LogP contribution in [-0.4, -0.2) is 27.5 Å². The van der Waals surface area contributed by atoms with Gasteiger partial charge >= 0.3 is 5.97 Å². The number of nitrogens with zero attached hydrogens (tertiary/aromatic N) is 2. The first-order valence-electron chi connectivity index (χ1n) is 5.57. The normalized spacial score (nSPS) is 10.3. The number of aromatic nitrogens is 3. The van der Waals surface area contributed by atoms with Crippen LogP contribution in [0.4, 0.5) is 5.82 Å². The van der Waals surface area contributed by atoms with Crippen LogP contribution in [0.25, 0.3) is 11.5 Å². The van der Waals surface area contributed by atoms with E-state index in [1.54, 1.807) is 13.1 Å². The lowest BCUT2D eigenvalue weighted by molar-refractivity contribution is 0.0521. The minimum absolute atomic E-state index is 0.117. The Morgan fingerprint density at radius 2 is 2.33 bits per heavy atom.